The molecule has 4 aliphatic heterocycles. The lowest BCUT2D eigenvalue weighted by Crippen LogP contribution is -2.64. The van der Waals surface area contributed by atoms with Gasteiger partial charge in [0.15, 0.2) is 0 Å². The Bertz CT molecular complexity index is 346. The summed E-state index contributed by atoms with van der Waals surface area (Å²) in [6.45, 7) is 7.67. The molecule has 17 heavy (non-hydrogen) atoms. The molecule has 1 amide bonds. The Kier molecular flexibility index (Phi) is 2.88. The maximum atomic E-state index is 11.8. The van der Waals surface area contributed by atoms with Crippen LogP contribution in [0.15, 0.2) is 4.99 Å². The number of hydrogen-bond acceptors (Lipinski definition) is 4. The number of nitrogens with one attached hydrogen (secondary N) is 1. The first kappa shape index (κ1) is 11.2. The monoisotopic (exact) mass is 236 g/mol. The standard InChI is InChI=1S/C12H20N4O/c1-2-3-9-12(17)14-11(13-9)10-8-15-4-6-16(10)7-5-15/h9-10H,2-8H2,1H3,(H,13,14,17). The van der Waals surface area contributed by atoms with E-state index in [1.807, 2.05) is 0 Å². The molecule has 5 nitrogen and oxygen atoms in total. The summed E-state index contributed by atoms with van der Waals surface area (Å²) >= 11 is 0. The molecule has 0 aromatic heterocycles. The third-order valence-corrected chi connectivity index (χ3v) is 4.01. The fourth-order valence-electron chi connectivity index (χ4n) is 2.98. The molecule has 0 spiro atoms. The highest BCUT2D eigenvalue weighted by Gasteiger charge is 2.38. The van der Waals surface area contributed by atoms with Crippen LogP contribution in [0.5, 0.6) is 0 Å². The van der Waals surface area contributed by atoms with Crippen LogP contribution in [0.25, 0.3) is 0 Å². The van der Waals surface area contributed by atoms with Gasteiger partial charge in [-0.1, -0.05) is 13.3 Å². The van der Waals surface area contributed by atoms with Crippen molar-refractivity contribution in [1.82, 2.24) is 15.1 Å². The zero-order chi connectivity index (χ0) is 11.8. The number of amides is 1. The van der Waals surface area contributed by atoms with E-state index >= 15 is 0 Å². The molecular weight excluding hydrogens is 216 g/mol. The summed E-state index contributed by atoms with van der Waals surface area (Å²) in [6, 6.07) is 0.190. The van der Waals surface area contributed by atoms with E-state index in [0.29, 0.717) is 6.04 Å². The van der Waals surface area contributed by atoms with Gasteiger partial charge < -0.3 is 5.32 Å². The first-order valence-corrected chi connectivity index (χ1v) is 6.63. The van der Waals surface area contributed by atoms with E-state index in [9.17, 15) is 4.79 Å². The zero-order valence-electron chi connectivity index (χ0n) is 10.4. The van der Waals surface area contributed by atoms with E-state index in [2.05, 4.69) is 27.0 Å². The van der Waals surface area contributed by atoms with Gasteiger partial charge in [-0.2, -0.15) is 0 Å². The van der Waals surface area contributed by atoms with Crippen molar-refractivity contribution in [3.63, 3.8) is 0 Å². The SMILES string of the molecule is CCCC1N=C(C2CN3CCN2CC3)NC1=O. The fraction of sp³-hybridized carbons (Fsp3) is 0.833. The number of aliphatic imine (C=N–C) groups is 1. The third-order valence-electron chi connectivity index (χ3n) is 4.01. The van der Waals surface area contributed by atoms with Crippen LogP contribution in [0.4, 0.5) is 0 Å². The van der Waals surface area contributed by atoms with Gasteiger partial charge in [0.25, 0.3) is 0 Å². The van der Waals surface area contributed by atoms with Gasteiger partial charge in [-0.05, 0) is 6.42 Å². The summed E-state index contributed by atoms with van der Waals surface area (Å²) in [7, 11) is 0. The number of rotatable bonds is 3. The minimum Gasteiger partial charge on any atom is -0.311 e. The molecule has 94 valence electrons. The van der Waals surface area contributed by atoms with E-state index in [1.165, 1.54) is 0 Å². The van der Waals surface area contributed by atoms with Crippen LogP contribution in [0, 0.1) is 0 Å². The van der Waals surface area contributed by atoms with E-state index in [-0.39, 0.29) is 11.9 Å². The molecule has 4 aliphatic rings. The van der Waals surface area contributed by atoms with Crippen LogP contribution in [0.1, 0.15) is 19.8 Å². The average Bonchev–Trinajstić information content (AvgIpc) is 2.73. The highest BCUT2D eigenvalue weighted by Crippen LogP contribution is 2.19. The second-order valence-electron chi connectivity index (χ2n) is 5.16. The largest absolute Gasteiger partial charge is 0.311 e. The van der Waals surface area contributed by atoms with Gasteiger partial charge in [0.2, 0.25) is 5.91 Å². The number of fused-ring (bicyclic) bond motifs is 3. The maximum Gasteiger partial charge on any atom is 0.250 e. The molecule has 3 fully saturated rings. The van der Waals surface area contributed by atoms with Crippen molar-refractivity contribution < 1.29 is 4.79 Å². The highest BCUT2D eigenvalue weighted by atomic mass is 16.2. The Hall–Kier alpha value is -0.940. The number of carbonyl (C=O) groups excluding carboxylic acids is 1. The molecule has 5 heteroatoms. The van der Waals surface area contributed by atoms with Crippen molar-refractivity contribution in [2.75, 3.05) is 32.7 Å². The summed E-state index contributed by atoms with van der Waals surface area (Å²) in [6.07, 6.45) is 1.88. The minimum atomic E-state index is -0.133. The molecule has 0 aromatic rings. The normalized spacial score (nSPS) is 40.3. The average molecular weight is 236 g/mol. The smallest absolute Gasteiger partial charge is 0.250 e. The van der Waals surface area contributed by atoms with Crippen molar-refractivity contribution in [2.45, 2.75) is 31.8 Å². The topological polar surface area (TPSA) is 47.9 Å². The van der Waals surface area contributed by atoms with Crippen LogP contribution in [-0.2, 0) is 4.79 Å². The van der Waals surface area contributed by atoms with E-state index < -0.39 is 0 Å². The van der Waals surface area contributed by atoms with Gasteiger partial charge in [-0.25, -0.2) is 0 Å². The molecule has 4 heterocycles. The Balaban J connectivity index is 1.72. The lowest BCUT2D eigenvalue weighted by atomic mass is 10.1. The first-order chi connectivity index (χ1) is 8.28. The first-order valence-electron chi connectivity index (χ1n) is 6.63. The van der Waals surface area contributed by atoms with E-state index in [4.69, 9.17) is 0 Å². The summed E-state index contributed by atoms with van der Waals surface area (Å²) in [5.74, 6) is 1.01. The lowest BCUT2D eigenvalue weighted by molar-refractivity contribution is -0.120. The van der Waals surface area contributed by atoms with Gasteiger partial charge >= 0.3 is 0 Å². The summed E-state index contributed by atoms with van der Waals surface area (Å²) in [5, 5.41) is 2.99. The lowest BCUT2D eigenvalue weighted by Gasteiger charge is -2.47. The third kappa shape index (κ3) is 1.98. The van der Waals surface area contributed by atoms with Gasteiger partial charge in [-0.15, -0.1) is 0 Å². The van der Waals surface area contributed by atoms with Crippen LogP contribution in [0.3, 0.4) is 0 Å². The molecule has 2 atom stereocenters. The molecule has 0 aromatic carbocycles. The van der Waals surface area contributed by atoms with Gasteiger partial charge in [0.1, 0.15) is 11.9 Å². The van der Waals surface area contributed by atoms with Crippen molar-refractivity contribution in [3.8, 4) is 0 Å². The molecule has 1 N–H and O–H groups in total. The minimum absolute atomic E-state index is 0.0968. The van der Waals surface area contributed by atoms with Crippen LogP contribution >= 0.6 is 0 Å². The van der Waals surface area contributed by atoms with Crippen molar-refractivity contribution in [1.29, 1.82) is 0 Å². The summed E-state index contributed by atoms with van der Waals surface area (Å²) < 4.78 is 0. The Morgan fingerprint density at radius 3 is 2.71 bits per heavy atom. The van der Waals surface area contributed by atoms with Gasteiger partial charge in [0, 0.05) is 32.7 Å². The summed E-state index contributed by atoms with van der Waals surface area (Å²) in [5.41, 5.74) is 0. The highest BCUT2D eigenvalue weighted by molar-refractivity contribution is 6.08. The number of hydrogen-bond donors (Lipinski definition) is 1. The molecule has 2 bridgehead atoms. The van der Waals surface area contributed by atoms with E-state index in [1.54, 1.807) is 0 Å². The predicted octanol–water partition coefficient (Wildman–Crippen LogP) is -0.317. The second kappa shape index (κ2) is 4.38. The van der Waals surface area contributed by atoms with Crippen LogP contribution in [0.2, 0.25) is 0 Å². The second-order valence-corrected chi connectivity index (χ2v) is 5.16. The molecule has 3 saturated heterocycles. The van der Waals surface area contributed by atoms with Crippen LogP contribution < -0.4 is 5.32 Å². The number of nitrogens with zero attached hydrogens (tertiary/aromatic N) is 3. The molecule has 0 aliphatic carbocycles. The molecule has 4 rings (SSSR count). The Morgan fingerprint density at radius 2 is 2.12 bits per heavy atom. The predicted molar refractivity (Wildman–Crippen MR) is 66.1 cm³/mol. The molecule has 0 radical (unpaired) electrons. The number of amidine groups is 1. The number of carbonyl (C=O) groups is 1. The van der Waals surface area contributed by atoms with Crippen molar-refractivity contribution in [3.05, 3.63) is 0 Å². The fourth-order valence-corrected chi connectivity index (χ4v) is 2.98. The maximum absolute atomic E-state index is 11.8. The van der Waals surface area contributed by atoms with Gasteiger partial charge in [0.05, 0.1) is 6.04 Å². The van der Waals surface area contributed by atoms with Crippen molar-refractivity contribution >= 4 is 11.7 Å². The Labute approximate surface area is 102 Å². The van der Waals surface area contributed by atoms with E-state index in [0.717, 1.165) is 51.4 Å². The summed E-state index contributed by atoms with van der Waals surface area (Å²) in [4.78, 5) is 21.3. The number of piperazine rings is 3. The molecular formula is C12H20N4O. The zero-order valence-corrected chi connectivity index (χ0v) is 10.4. The van der Waals surface area contributed by atoms with Crippen molar-refractivity contribution in [2.24, 2.45) is 4.99 Å². The Morgan fingerprint density at radius 1 is 1.35 bits per heavy atom. The quantitative estimate of drug-likeness (QED) is 0.731. The molecule has 2 unspecified atom stereocenters. The van der Waals surface area contributed by atoms with Gasteiger partial charge in [-0.3, -0.25) is 19.6 Å². The molecule has 0 saturated carbocycles. The van der Waals surface area contributed by atoms with Crippen LogP contribution in [-0.4, -0.2) is 66.4 Å².